The Morgan fingerprint density at radius 2 is 1.87 bits per heavy atom. The number of hydrogen-bond acceptors (Lipinski definition) is 6. The molecule has 1 aliphatic rings. The molecule has 6 nitrogen and oxygen atoms in total. The molecule has 5 aromatic rings. The molecule has 0 aliphatic heterocycles. The number of hydrogen-bond donors (Lipinski definition) is 1. The topological polar surface area (TPSA) is 80.1 Å². The number of ether oxygens (including phenoxy) is 2. The number of fused-ring (bicyclic) bond motifs is 1. The molecular formula is C37H32ClFN4O2. The highest BCUT2D eigenvalue weighted by molar-refractivity contribution is 6.32. The smallest absolute Gasteiger partial charge is 0.142 e. The fraction of sp³-hybridized carbons (Fsp3) is 0.216. The van der Waals surface area contributed by atoms with Crippen LogP contribution in [-0.4, -0.2) is 16.0 Å². The second-order valence-electron chi connectivity index (χ2n) is 11.2. The van der Waals surface area contributed by atoms with Gasteiger partial charge in [0.2, 0.25) is 0 Å². The molecule has 1 N–H and O–H groups in total. The molecule has 2 aromatic heterocycles. The van der Waals surface area contributed by atoms with Crippen molar-refractivity contribution in [2.75, 3.05) is 0 Å². The first kappa shape index (κ1) is 30.3. The Morgan fingerprint density at radius 1 is 1.02 bits per heavy atom. The van der Waals surface area contributed by atoms with E-state index < -0.39 is 0 Å². The standard InChI is InChI=1S/C37H32ClFN4O2/c1-24(15-28-7-4-5-14-42-28)43-22-27-17-33(38)37(18-36(27)44-23-26-16-25(19-40)20-41-21-26)45-35-13-12-30-29(9-6-10-32(30)35)31-8-2-3-11-34(31)39/h2-11,14,16-18,20-21,24,35,43H,12-13,15,22-23H2,1H3/t24?,35-/m0/s1. The summed E-state index contributed by atoms with van der Waals surface area (Å²) in [5, 5.41) is 13.3. The lowest BCUT2D eigenvalue weighted by Crippen LogP contribution is -2.28. The van der Waals surface area contributed by atoms with Crippen molar-refractivity contribution >= 4 is 11.6 Å². The molecule has 0 radical (unpaired) electrons. The second kappa shape index (κ2) is 13.9. The first-order valence-corrected chi connectivity index (χ1v) is 15.3. The highest BCUT2D eigenvalue weighted by Gasteiger charge is 2.28. The number of pyridine rings is 2. The van der Waals surface area contributed by atoms with E-state index in [0.29, 0.717) is 34.2 Å². The van der Waals surface area contributed by atoms with Crippen LogP contribution in [0.4, 0.5) is 4.39 Å². The molecule has 3 aromatic carbocycles. The molecule has 226 valence electrons. The molecule has 1 aliphatic carbocycles. The van der Waals surface area contributed by atoms with E-state index in [0.717, 1.165) is 52.8 Å². The molecule has 0 fully saturated rings. The van der Waals surface area contributed by atoms with Gasteiger partial charge in [-0.2, -0.15) is 5.26 Å². The monoisotopic (exact) mass is 618 g/mol. The summed E-state index contributed by atoms with van der Waals surface area (Å²) >= 11 is 6.84. The van der Waals surface area contributed by atoms with Gasteiger partial charge in [-0.1, -0.05) is 54.1 Å². The number of nitriles is 1. The predicted octanol–water partition coefficient (Wildman–Crippen LogP) is 8.17. The van der Waals surface area contributed by atoms with E-state index in [9.17, 15) is 9.65 Å². The van der Waals surface area contributed by atoms with Gasteiger partial charge in [-0.05, 0) is 66.8 Å². The highest BCUT2D eigenvalue weighted by Crippen LogP contribution is 2.43. The van der Waals surface area contributed by atoms with Gasteiger partial charge in [0.05, 0.1) is 10.6 Å². The Bertz CT molecular complexity index is 1840. The molecule has 0 bridgehead atoms. The number of aromatic nitrogens is 2. The summed E-state index contributed by atoms with van der Waals surface area (Å²) in [6, 6.07) is 26.5. The highest BCUT2D eigenvalue weighted by atomic mass is 35.5. The Morgan fingerprint density at radius 3 is 2.69 bits per heavy atom. The van der Waals surface area contributed by atoms with Crippen molar-refractivity contribution < 1.29 is 13.9 Å². The third-order valence-electron chi connectivity index (χ3n) is 7.96. The van der Waals surface area contributed by atoms with Crippen LogP contribution >= 0.6 is 11.6 Å². The van der Waals surface area contributed by atoms with Crippen LogP contribution in [0.2, 0.25) is 5.02 Å². The van der Waals surface area contributed by atoms with E-state index in [2.05, 4.69) is 28.3 Å². The Hall–Kier alpha value is -4.77. The molecule has 0 spiro atoms. The van der Waals surface area contributed by atoms with Gasteiger partial charge in [0.15, 0.2) is 0 Å². The largest absolute Gasteiger partial charge is 0.488 e. The molecule has 45 heavy (non-hydrogen) atoms. The van der Waals surface area contributed by atoms with Crippen molar-refractivity contribution in [2.24, 2.45) is 0 Å². The molecule has 1 unspecified atom stereocenters. The van der Waals surface area contributed by atoms with Gasteiger partial charge in [0.1, 0.15) is 36.1 Å². The number of rotatable bonds is 11. The Kier molecular flexibility index (Phi) is 9.35. The number of nitrogens with one attached hydrogen (secondary N) is 1. The summed E-state index contributed by atoms with van der Waals surface area (Å²) in [5.41, 5.74) is 6.73. The van der Waals surface area contributed by atoms with Crippen molar-refractivity contribution in [1.29, 1.82) is 5.26 Å². The SMILES string of the molecule is CC(Cc1ccccn1)NCc1cc(Cl)c(O[C@H]2CCc3c(-c4ccccc4F)cccc32)cc1OCc1cncc(C#N)c1. The molecule has 8 heteroatoms. The average molecular weight is 619 g/mol. The number of nitrogens with zero attached hydrogens (tertiary/aromatic N) is 3. The summed E-state index contributed by atoms with van der Waals surface area (Å²) in [5.74, 6) is 0.886. The molecule has 0 saturated heterocycles. The molecule has 6 rings (SSSR count). The number of halogens is 2. The third kappa shape index (κ3) is 7.15. The average Bonchev–Trinajstić information content (AvgIpc) is 3.48. The second-order valence-corrected chi connectivity index (χ2v) is 11.6. The molecule has 2 atom stereocenters. The lowest BCUT2D eigenvalue weighted by atomic mass is 9.96. The first-order valence-electron chi connectivity index (χ1n) is 14.9. The predicted molar refractivity (Wildman–Crippen MR) is 173 cm³/mol. The van der Waals surface area contributed by atoms with Crippen LogP contribution < -0.4 is 14.8 Å². The fourth-order valence-electron chi connectivity index (χ4n) is 5.74. The normalized spacial score (nSPS) is 14.4. The molecule has 0 amide bonds. The molecular weight excluding hydrogens is 587 g/mol. The van der Waals surface area contributed by atoms with Crippen molar-refractivity contribution in [3.63, 3.8) is 0 Å². The zero-order valence-electron chi connectivity index (χ0n) is 24.8. The maximum atomic E-state index is 14.7. The molecule has 2 heterocycles. The minimum atomic E-state index is -0.242. The zero-order valence-corrected chi connectivity index (χ0v) is 25.6. The third-order valence-corrected chi connectivity index (χ3v) is 8.26. The van der Waals surface area contributed by atoms with E-state index in [1.807, 2.05) is 60.7 Å². The van der Waals surface area contributed by atoms with Gasteiger partial charge in [-0.25, -0.2) is 4.39 Å². The summed E-state index contributed by atoms with van der Waals surface area (Å²) in [6.45, 7) is 2.84. The summed E-state index contributed by atoms with van der Waals surface area (Å²) in [6.07, 6.45) is 7.05. The van der Waals surface area contributed by atoms with Crippen LogP contribution in [0, 0.1) is 17.1 Å². The maximum absolute atomic E-state index is 14.7. The van der Waals surface area contributed by atoms with Crippen LogP contribution in [0.3, 0.4) is 0 Å². The lowest BCUT2D eigenvalue weighted by Gasteiger charge is -2.21. The fourth-order valence-corrected chi connectivity index (χ4v) is 5.97. The van der Waals surface area contributed by atoms with Gasteiger partial charge in [0.25, 0.3) is 0 Å². The summed E-state index contributed by atoms with van der Waals surface area (Å²) < 4.78 is 27.6. The molecule has 0 saturated carbocycles. The van der Waals surface area contributed by atoms with Crippen LogP contribution in [-0.2, 0) is 26.0 Å². The Labute approximate surface area is 267 Å². The van der Waals surface area contributed by atoms with Gasteiger partial charge < -0.3 is 14.8 Å². The van der Waals surface area contributed by atoms with Crippen molar-refractivity contribution in [1.82, 2.24) is 15.3 Å². The van der Waals surface area contributed by atoms with Gasteiger partial charge in [-0.15, -0.1) is 0 Å². The minimum absolute atomic E-state index is 0.151. The van der Waals surface area contributed by atoms with E-state index in [-0.39, 0.29) is 24.6 Å². The first-order chi connectivity index (χ1) is 22.0. The van der Waals surface area contributed by atoms with Gasteiger partial charge in [-0.3, -0.25) is 9.97 Å². The van der Waals surface area contributed by atoms with E-state index in [1.54, 1.807) is 24.5 Å². The van der Waals surface area contributed by atoms with Crippen molar-refractivity contribution in [3.8, 4) is 28.7 Å². The minimum Gasteiger partial charge on any atom is -0.488 e. The van der Waals surface area contributed by atoms with Crippen LogP contribution in [0.15, 0.2) is 97.5 Å². The summed E-state index contributed by atoms with van der Waals surface area (Å²) in [7, 11) is 0. The van der Waals surface area contributed by atoms with E-state index in [4.69, 9.17) is 21.1 Å². The zero-order chi connectivity index (χ0) is 31.2. The van der Waals surface area contributed by atoms with Gasteiger partial charge >= 0.3 is 0 Å². The van der Waals surface area contributed by atoms with E-state index in [1.165, 1.54) is 12.3 Å². The van der Waals surface area contributed by atoms with Crippen LogP contribution in [0.5, 0.6) is 11.5 Å². The van der Waals surface area contributed by atoms with Crippen molar-refractivity contribution in [3.05, 3.63) is 142 Å². The quantitative estimate of drug-likeness (QED) is 0.161. The maximum Gasteiger partial charge on any atom is 0.142 e. The lowest BCUT2D eigenvalue weighted by molar-refractivity contribution is 0.206. The number of benzene rings is 3. The van der Waals surface area contributed by atoms with Crippen LogP contribution in [0.25, 0.3) is 11.1 Å². The van der Waals surface area contributed by atoms with Crippen molar-refractivity contribution in [2.45, 2.75) is 51.5 Å². The van der Waals surface area contributed by atoms with E-state index >= 15 is 0 Å². The van der Waals surface area contributed by atoms with Crippen LogP contribution in [0.1, 0.15) is 53.0 Å². The summed E-state index contributed by atoms with van der Waals surface area (Å²) in [4.78, 5) is 8.59. The van der Waals surface area contributed by atoms with Gasteiger partial charge in [0, 0.05) is 66.0 Å². The Balaban J connectivity index is 1.25.